The molecule has 14 nitrogen and oxygen atoms in total. The molecule has 0 aliphatic rings. The molecule has 2 aromatic heterocycles. The molecule has 6 N–H and O–H groups in total. The molecule has 15 heteroatoms. The van der Waals surface area contributed by atoms with E-state index in [1.54, 1.807) is 85.5 Å². The van der Waals surface area contributed by atoms with Gasteiger partial charge in [0.15, 0.2) is 0 Å². The second-order valence-corrected chi connectivity index (χ2v) is 8.43. The van der Waals surface area contributed by atoms with E-state index in [1.165, 1.54) is 26.6 Å². The van der Waals surface area contributed by atoms with E-state index < -0.39 is 27.8 Å². The van der Waals surface area contributed by atoms with Crippen molar-refractivity contribution in [1.29, 1.82) is 0 Å². The topological polar surface area (TPSA) is 220 Å². The molecule has 0 saturated heterocycles. The first-order valence-electron chi connectivity index (χ1n) is 12.0. The van der Waals surface area contributed by atoms with Crippen LogP contribution in [0, 0.1) is 27.8 Å². The molecule has 0 spiro atoms. The number of pyridine rings is 2. The summed E-state index contributed by atoms with van der Waals surface area (Å²) in [4.78, 5) is 27.1. The summed E-state index contributed by atoms with van der Waals surface area (Å²) < 4.78 is 27.3. The summed E-state index contributed by atoms with van der Waals surface area (Å²) >= 11 is -2.51. The molecule has 0 aliphatic carbocycles. The third-order valence-corrected chi connectivity index (χ3v) is 5.13. The minimum absolute atomic E-state index is 0.210. The van der Waals surface area contributed by atoms with Gasteiger partial charge in [0.1, 0.15) is 0 Å². The summed E-state index contributed by atoms with van der Waals surface area (Å²) in [5.74, 6) is 0.929. The molecule has 0 saturated carbocycles. The second kappa shape index (κ2) is 19.1. The molecular weight excluding hydrogens is 786 g/mol. The van der Waals surface area contributed by atoms with Crippen molar-refractivity contribution in [2.75, 3.05) is 14.2 Å². The minimum atomic E-state index is -2.51. The van der Waals surface area contributed by atoms with Crippen LogP contribution in [0.1, 0.15) is 22.3 Å². The number of carbonyl (C=O) groups excluding carboxylic acids is 2. The summed E-state index contributed by atoms with van der Waals surface area (Å²) in [7, 11) is 3.00. The maximum absolute atomic E-state index is 9.71. The number of nitrogens with zero attached hydrogens (tertiary/aromatic N) is 6. The zero-order chi connectivity index (χ0) is 31.5. The standard InChI is InChI=1S/2C14H13N3O3.2O.U/c2*1-20-12-4-2-3-11(13(12)18)9-16-17-14(19)10-5-7-15-8-6-10;;;/h2*2-9H,1H3,(H2,15,16,17,18,19);;;/p+2. The third-order valence-electron chi connectivity index (χ3n) is 5.13. The molecule has 0 aliphatic heterocycles. The summed E-state index contributed by atoms with van der Waals surface area (Å²) in [6.07, 6.45) is 8.98. The number of ether oxygens (including phenoxy) is 2. The molecule has 2 amide bonds. The summed E-state index contributed by atoms with van der Waals surface area (Å²) in [6, 6.07) is 16.8. The fourth-order valence-electron chi connectivity index (χ4n) is 3.06. The number of para-hydroxylation sites is 2. The van der Waals surface area contributed by atoms with Gasteiger partial charge in [-0.2, -0.15) is 0 Å². The Hall–Kier alpha value is -5.13. The predicted molar refractivity (Wildman–Crippen MR) is 156 cm³/mol. The third kappa shape index (κ3) is 11.3. The van der Waals surface area contributed by atoms with E-state index >= 15 is 0 Å². The van der Waals surface area contributed by atoms with E-state index in [4.69, 9.17) is 24.2 Å². The molecule has 43 heavy (non-hydrogen) atoms. The van der Waals surface area contributed by atoms with Crippen molar-refractivity contribution in [2.24, 2.45) is 10.2 Å². The van der Waals surface area contributed by atoms with Crippen molar-refractivity contribution in [3.63, 3.8) is 0 Å². The van der Waals surface area contributed by atoms with Crippen LogP contribution in [-0.4, -0.2) is 68.2 Å². The first-order valence-corrected chi connectivity index (χ1v) is 15.4. The zero-order valence-electron chi connectivity index (χ0n) is 22.9. The number of hydrogen-bond acceptors (Lipinski definition) is 8. The zero-order valence-corrected chi connectivity index (χ0v) is 27.1. The van der Waals surface area contributed by atoms with E-state index in [0.717, 1.165) is 0 Å². The number of aromatic nitrogens is 2. The van der Waals surface area contributed by atoms with Crippen LogP contribution in [0.25, 0.3) is 10.9 Å². The van der Waals surface area contributed by atoms with Crippen LogP contribution in [0.2, 0.25) is 0 Å². The van der Waals surface area contributed by atoms with E-state index in [2.05, 4.69) is 31.0 Å². The number of benzene rings is 2. The summed E-state index contributed by atoms with van der Waals surface area (Å²) in [5, 5.41) is 23.3. The average Bonchev–Trinajstić information content (AvgIpc) is 3.04. The maximum atomic E-state index is 9.71. The predicted octanol–water partition coefficient (Wildman–Crippen LogP) is 3.34. The van der Waals surface area contributed by atoms with Crippen molar-refractivity contribution < 1.29 is 61.6 Å². The van der Waals surface area contributed by atoms with Gasteiger partial charge in [0, 0.05) is 37.2 Å². The Balaban J connectivity index is 0.000000275. The number of rotatable bonds is 8. The first-order chi connectivity index (χ1) is 20.9. The van der Waals surface area contributed by atoms with Gasteiger partial charge in [-0.25, -0.2) is 0 Å². The van der Waals surface area contributed by atoms with Crippen molar-refractivity contribution >= 4 is 24.2 Å². The molecule has 0 fully saturated rings. The van der Waals surface area contributed by atoms with Crippen LogP contribution in [0.5, 0.6) is 23.0 Å². The van der Waals surface area contributed by atoms with Gasteiger partial charge in [0.05, 0.1) is 36.5 Å². The molecule has 4 aromatic rings. The molecule has 2 heterocycles. The Morgan fingerprint density at radius 2 is 1.07 bits per heavy atom. The quantitative estimate of drug-likeness (QED) is 0.147. The van der Waals surface area contributed by atoms with Gasteiger partial charge in [-0.05, 0) is 48.5 Å². The first kappa shape index (κ1) is 34.1. The monoisotopic (exact) mass is 814 g/mol. The van der Waals surface area contributed by atoms with Crippen LogP contribution in [0.3, 0.4) is 0 Å². The van der Waals surface area contributed by atoms with Crippen LogP contribution in [0.4, 0.5) is 0 Å². The Bertz CT molecular complexity index is 1470. The Labute approximate surface area is 260 Å². The normalized spacial score (nSPS) is 9.91. The number of hydrogen-bond donors (Lipinski definition) is 0. The molecule has 2 aromatic carbocycles. The Morgan fingerprint density at radius 3 is 1.40 bits per heavy atom. The van der Waals surface area contributed by atoms with E-state index in [1.807, 2.05) is 0 Å². The van der Waals surface area contributed by atoms with E-state index in [-0.39, 0.29) is 23.3 Å². The van der Waals surface area contributed by atoms with Crippen LogP contribution < -0.4 is 9.47 Å². The molecular formula is C28H28N6O8U+2. The van der Waals surface area contributed by atoms with Crippen molar-refractivity contribution in [3.05, 3.63) is 119 Å². The van der Waals surface area contributed by atoms with Crippen LogP contribution >= 0.6 is 0 Å². The fraction of sp³-hybridized carbons (Fsp3) is 0.0714. The fourth-order valence-corrected chi connectivity index (χ4v) is 3.06. The van der Waals surface area contributed by atoms with E-state index in [9.17, 15) is 9.59 Å². The molecule has 0 bridgehead atoms. The Morgan fingerprint density at radius 1 is 0.721 bits per heavy atom. The molecule has 0 radical (unpaired) electrons. The molecule has 4 rings (SSSR count). The van der Waals surface area contributed by atoms with Gasteiger partial charge >= 0.3 is 43.8 Å². The van der Waals surface area contributed by atoms with Gasteiger partial charge in [0.2, 0.25) is 11.5 Å². The van der Waals surface area contributed by atoms with E-state index in [0.29, 0.717) is 33.8 Å². The average molecular weight is 815 g/mol. The summed E-state index contributed by atoms with van der Waals surface area (Å²) in [5.41, 5.74) is 9.50. The SMILES string of the molecule is COc1cccc(C=N[N-]C(=[OH+])c2ccncc2)c1[OH2+].COc1cccc(C=N[N-]C(=[OH+])c2ccncc2)c1[OH2+].[O]=[U]=[O]. The van der Waals surface area contributed by atoms with Gasteiger partial charge in [-0.1, -0.05) is 12.1 Å². The van der Waals surface area contributed by atoms with Crippen molar-refractivity contribution in [1.82, 2.24) is 9.97 Å². The number of methoxy groups -OCH3 is 2. The summed E-state index contributed by atoms with van der Waals surface area (Å²) in [6.45, 7) is 0. The second-order valence-electron chi connectivity index (χ2n) is 7.74. The molecule has 0 unspecified atom stereocenters. The van der Waals surface area contributed by atoms with Crippen LogP contribution in [0.15, 0.2) is 95.7 Å². The Kier molecular flexibility index (Phi) is 15.1. The van der Waals surface area contributed by atoms with Crippen molar-refractivity contribution in [3.8, 4) is 23.0 Å². The van der Waals surface area contributed by atoms with Gasteiger partial charge < -0.3 is 40.7 Å². The van der Waals surface area contributed by atoms with Gasteiger partial charge in [-0.15, -0.1) is 0 Å². The molecule has 220 valence electrons. The van der Waals surface area contributed by atoms with Gasteiger partial charge in [-0.3, -0.25) is 19.6 Å². The van der Waals surface area contributed by atoms with Crippen molar-refractivity contribution in [2.45, 2.75) is 0 Å². The number of amides is 2. The van der Waals surface area contributed by atoms with Gasteiger partial charge in [0.25, 0.3) is 11.8 Å². The molecule has 0 atom stereocenters. The van der Waals surface area contributed by atoms with Crippen LogP contribution in [-0.2, 0) is 4.47 Å².